The van der Waals surface area contributed by atoms with Crippen molar-refractivity contribution in [2.24, 2.45) is 10.7 Å². The number of guanidine groups is 1. The average Bonchev–Trinajstić information content (AvgIpc) is 2.61. The maximum Gasteiger partial charge on any atom is 0.199 e. The van der Waals surface area contributed by atoms with Crippen LogP contribution in [-0.4, -0.2) is 43.1 Å². The number of nitrogens with zero attached hydrogens (tertiary/aromatic N) is 2. The monoisotopic (exact) mass is 332 g/mol. The molecular weight excluding hydrogens is 300 g/mol. The van der Waals surface area contributed by atoms with Gasteiger partial charge in [-0.3, -0.25) is 0 Å². The lowest BCUT2D eigenvalue weighted by Crippen LogP contribution is -2.48. The van der Waals surface area contributed by atoms with Crippen molar-refractivity contribution in [1.82, 2.24) is 10.2 Å². The lowest BCUT2D eigenvalue weighted by Gasteiger charge is -2.36. The molecule has 0 radical (unpaired) electrons. The zero-order valence-corrected chi connectivity index (χ0v) is 15.1. The topological polar surface area (TPSA) is 62.9 Å². The molecule has 0 saturated carbocycles. The molecule has 1 heterocycles. The number of nitrogens with one attached hydrogen (secondary N) is 1. The largest absolute Gasteiger partial charge is 0.494 e. The summed E-state index contributed by atoms with van der Waals surface area (Å²) < 4.78 is 5.64. The Hall–Kier alpha value is -1.75. The minimum absolute atomic E-state index is 0.523. The highest BCUT2D eigenvalue weighted by Gasteiger charge is 2.21. The van der Waals surface area contributed by atoms with E-state index in [1.54, 1.807) is 0 Å². The van der Waals surface area contributed by atoms with Gasteiger partial charge >= 0.3 is 0 Å². The van der Waals surface area contributed by atoms with Gasteiger partial charge in [-0.1, -0.05) is 6.92 Å². The van der Waals surface area contributed by atoms with Crippen LogP contribution >= 0.6 is 0 Å². The summed E-state index contributed by atoms with van der Waals surface area (Å²) in [7, 11) is 0. The van der Waals surface area contributed by atoms with Crippen LogP contribution in [-0.2, 0) is 0 Å². The molecule has 1 unspecified atom stereocenters. The van der Waals surface area contributed by atoms with Crippen LogP contribution in [0.25, 0.3) is 0 Å². The smallest absolute Gasteiger partial charge is 0.199 e. The number of nitrogens with two attached hydrogens (primary N) is 1. The lowest BCUT2D eigenvalue weighted by atomic mass is 10.0. The van der Waals surface area contributed by atoms with Gasteiger partial charge in [0.25, 0.3) is 0 Å². The van der Waals surface area contributed by atoms with Gasteiger partial charge in [0.15, 0.2) is 5.96 Å². The molecule has 1 saturated heterocycles. The molecule has 0 aliphatic carbocycles. The normalized spacial score (nSPS) is 18.5. The van der Waals surface area contributed by atoms with Crippen LogP contribution in [0.3, 0.4) is 0 Å². The number of aliphatic imine (C=N–C) groups is 1. The molecular formula is C19H32N4O. The van der Waals surface area contributed by atoms with Gasteiger partial charge in [-0.15, -0.1) is 0 Å². The Morgan fingerprint density at radius 1 is 1.33 bits per heavy atom. The van der Waals surface area contributed by atoms with Gasteiger partial charge in [0.05, 0.1) is 12.3 Å². The highest BCUT2D eigenvalue weighted by molar-refractivity contribution is 5.83. The fourth-order valence-electron chi connectivity index (χ4n) is 2.88. The van der Waals surface area contributed by atoms with Gasteiger partial charge in [0.2, 0.25) is 0 Å². The first kappa shape index (κ1) is 18.6. The first-order valence-corrected chi connectivity index (χ1v) is 9.26. The summed E-state index contributed by atoms with van der Waals surface area (Å²) in [6.45, 7) is 7.75. The molecule has 0 spiro atoms. The standard InChI is InChI=1S/C19H32N4O/c1-3-15-24-18-10-8-17(9-11-18)22-19(21-13-6-12-20)23-14-5-4-7-16(23)2/h8-11,16H,3-7,12-15,20H2,1-2H3,(H,21,22). The molecule has 1 aromatic carbocycles. The van der Waals surface area contributed by atoms with Crippen molar-refractivity contribution in [1.29, 1.82) is 0 Å². The number of hydrogen-bond acceptors (Lipinski definition) is 3. The number of rotatable bonds is 7. The fraction of sp³-hybridized carbons (Fsp3) is 0.632. The minimum Gasteiger partial charge on any atom is -0.494 e. The van der Waals surface area contributed by atoms with Gasteiger partial charge in [0.1, 0.15) is 5.75 Å². The number of likely N-dealkylation sites (tertiary alicyclic amines) is 1. The molecule has 5 nitrogen and oxygen atoms in total. The number of hydrogen-bond donors (Lipinski definition) is 2. The van der Waals surface area contributed by atoms with E-state index in [9.17, 15) is 0 Å². The summed E-state index contributed by atoms with van der Waals surface area (Å²) in [5, 5.41) is 3.48. The molecule has 1 aliphatic rings. The predicted molar refractivity (Wildman–Crippen MR) is 101 cm³/mol. The van der Waals surface area contributed by atoms with Crippen LogP contribution in [0, 0.1) is 0 Å². The van der Waals surface area contributed by atoms with Gasteiger partial charge in [-0.05, 0) is 69.8 Å². The van der Waals surface area contributed by atoms with Crippen LogP contribution in [0.1, 0.15) is 46.0 Å². The van der Waals surface area contributed by atoms with Gasteiger partial charge in [-0.2, -0.15) is 0 Å². The Balaban J connectivity index is 2.10. The molecule has 2 rings (SSSR count). The molecule has 1 fully saturated rings. The number of benzene rings is 1. The van der Waals surface area contributed by atoms with Crippen molar-refractivity contribution in [2.75, 3.05) is 26.2 Å². The van der Waals surface area contributed by atoms with Crippen molar-refractivity contribution in [3.05, 3.63) is 24.3 Å². The minimum atomic E-state index is 0.523. The summed E-state index contributed by atoms with van der Waals surface area (Å²) in [5.74, 6) is 1.87. The first-order valence-electron chi connectivity index (χ1n) is 9.26. The summed E-state index contributed by atoms with van der Waals surface area (Å²) in [4.78, 5) is 7.25. The Morgan fingerprint density at radius 2 is 2.12 bits per heavy atom. The third kappa shape index (κ3) is 5.71. The van der Waals surface area contributed by atoms with Crippen molar-refractivity contribution in [3.63, 3.8) is 0 Å². The van der Waals surface area contributed by atoms with E-state index < -0.39 is 0 Å². The maximum absolute atomic E-state index is 5.64. The van der Waals surface area contributed by atoms with Crippen molar-refractivity contribution >= 4 is 11.6 Å². The van der Waals surface area contributed by atoms with E-state index in [-0.39, 0.29) is 0 Å². The Morgan fingerprint density at radius 3 is 2.79 bits per heavy atom. The van der Waals surface area contributed by atoms with E-state index in [0.29, 0.717) is 12.6 Å². The second kappa shape index (κ2) is 10.2. The van der Waals surface area contributed by atoms with E-state index in [0.717, 1.165) is 49.9 Å². The number of piperidine rings is 1. The van der Waals surface area contributed by atoms with E-state index in [1.807, 2.05) is 24.3 Å². The average molecular weight is 332 g/mol. The highest BCUT2D eigenvalue weighted by Crippen LogP contribution is 2.21. The molecule has 1 aromatic rings. The fourth-order valence-corrected chi connectivity index (χ4v) is 2.88. The summed E-state index contributed by atoms with van der Waals surface area (Å²) in [6, 6.07) is 8.54. The van der Waals surface area contributed by atoms with Crippen molar-refractivity contribution < 1.29 is 4.74 Å². The van der Waals surface area contributed by atoms with Crippen molar-refractivity contribution in [3.8, 4) is 5.75 Å². The molecule has 5 heteroatoms. The van der Waals surface area contributed by atoms with Gasteiger partial charge in [-0.25, -0.2) is 4.99 Å². The van der Waals surface area contributed by atoms with Gasteiger partial charge < -0.3 is 20.7 Å². The lowest BCUT2D eigenvalue weighted by molar-refractivity contribution is 0.251. The van der Waals surface area contributed by atoms with Gasteiger partial charge in [0, 0.05) is 19.1 Å². The molecule has 134 valence electrons. The SMILES string of the molecule is CCCOc1ccc(/N=C(\NCCCN)N2CCCCC2C)cc1. The molecule has 1 aliphatic heterocycles. The zero-order chi connectivity index (χ0) is 17.2. The molecule has 0 amide bonds. The van der Waals surface area contributed by atoms with Crippen LogP contribution < -0.4 is 15.8 Å². The third-order valence-corrected chi connectivity index (χ3v) is 4.28. The predicted octanol–water partition coefficient (Wildman–Crippen LogP) is 3.28. The van der Waals surface area contributed by atoms with Crippen LogP contribution in [0.4, 0.5) is 5.69 Å². The van der Waals surface area contributed by atoms with E-state index >= 15 is 0 Å². The zero-order valence-electron chi connectivity index (χ0n) is 15.1. The number of ether oxygens (including phenoxy) is 1. The molecule has 1 atom stereocenters. The molecule has 0 aromatic heterocycles. The Bertz CT molecular complexity index is 501. The third-order valence-electron chi connectivity index (χ3n) is 4.28. The van der Waals surface area contributed by atoms with Crippen LogP contribution in [0.15, 0.2) is 29.3 Å². The van der Waals surface area contributed by atoms with E-state index in [4.69, 9.17) is 15.5 Å². The quantitative estimate of drug-likeness (QED) is 0.457. The van der Waals surface area contributed by atoms with Crippen LogP contribution in [0.2, 0.25) is 0 Å². The molecule has 24 heavy (non-hydrogen) atoms. The second-order valence-corrected chi connectivity index (χ2v) is 6.38. The highest BCUT2D eigenvalue weighted by atomic mass is 16.5. The summed E-state index contributed by atoms with van der Waals surface area (Å²) >= 11 is 0. The Labute approximate surface area is 146 Å². The van der Waals surface area contributed by atoms with E-state index in [2.05, 4.69) is 24.1 Å². The Kier molecular flexibility index (Phi) is 7.89. The summed E-state index contributed by atoms with van der Waals surface area (Å²) in [5.41, 5.74) is 6.57. The van der Waals surface area contributed by atoms with Crippen molar-refractivity contribution in [2.45, 2.75) is 52.0 Å². The first-order chi connectivity index (χ1) is 11.7. The van der Waals surface area contributed by atoms with E-state index in [1.165, 1.54) is 19.3 Å². The summed E-state index contributed by atoms with van der Waals surface area (Å²) in [6.07, 6.45) is 5.72. The second-order valence-electron chi connectivity index (χ2n) is 6.38. The maximum atomic E-state index is 5.64. The molecule has 3 N–H and O–H groups in total. The van der Waals surface area contributed by atoms with Crippen LogP contribution in [0.5, 0.6) is 5.75 Å². The molecule has 0 bridgehead atoms.